The fraction of sp³-hybridized carbons (Fsp3) is 0.571. The second-order valence-corrected chi connectivity index (χ2v) is 17.5. The summed E-state index contributed by atoms with van der Waals surface area (Å²) in [5, 5.41) is 13.6. The zero-order valence-corrected chi connectivity index (χ0v) is 33.1. The number of carbonyl (C=O) groups is 3. The normalized spacial score (nSPS) is 26.4. The number of nitrogens with two attached hydrogens (primary N) is 1. The monoisotopic (exact) mass is 815 g/mol. The number of anilines is 3. The van der Waals surface area contributed by atoms with Crippen molar-refractivity contribution < 1.29 is 27.6 Å². The van der Waals surface area contributed by atoms with Crippen LogP contribution in [0.2, 0.25) is 0 Å². The number of aromatic nitrogens is 5. The van der Waals surface area contributed by atoms with E-state index in [9.17, 15) is 27.6 Å². The molecular weight excluding hydrogens is 764 g/mol. The predicted octanol–water partition coefficient (Wildman–Crippen LogP) is 5.24. The third kappa shape index (κ3) is 8.27. The number of carbonyl (C=O) groups excluding carboxylic acids is 3. The van der Waals surface area contributed by atoms with Crippen molar-refractivity contribution in [3.8, 4) is 0 Å². The third-order valence-corrected chi connectivity index (χ3v) is 13.5. The number of halogens is 3. The molecule has 1 saturated carbocycles. The molecule has 4 aliphatic heterocycles. The lowest BCUT2D eigenvalue weighted by Gasteiger charge is -2.55. The van der Waals surface area contributed by atoms with Gasteiger partial charge in [-0.15, -0.1) is 0 Å². The molecule has 1 unspecified atom stereocenters. The molecule has 17 heteroatoms. The van der Waals surface area contributed by atoms with Crippen LogP contribution in [0, 0.1) is 11.3 Å². The summed E-state index contributed by atoms with van der Waals surface area (Å²) in [5.74, 6) is -0.287. The van der Waals surface area contributed by atoms with Crippen LogP contribution >= 0.6 is 0 Å². The number of alkyl halides is 3. The Morgan fingerprint density at radius 2 is 1.83 bits per heavy atom. The van der Waals surface area contributed by atoms with Crippen molar-refractivity contribution in [2.75, 3.05) is 60.9 Å². The highest BCUT2D eigenvalue weighted by molar-refractivity contribution is 6.08. The number of amides is 3. The first-order valence-electron chi connectivity index (χ1n) is 21.1. The molecule has 0 bridgehead atoms. The van der Waals surface area contributed by atoms with Gasteiger partial charge in [0.2, 0.25) is 11.8 Å². The summed E-state index contributed by atoms with van der Waals surface area (Å²) < 4.78 is 45.8. The molecule has 3 aromatic heterocycles. The lowest BCUT2D eigenvalue weighted by molar-refractivity contribution is -0.134. The van der Waals surface area contributed by atoms with Gasteiger partial charge < -0.3 is 25.8 Å². The smallest absolute Gasteiger partial charge is 0.284 e. The van der Waals surface area contributed by atoms with Crippen molar-refractivity contribution in [3.05, 3.63) is 65.7 Å². The molecule has 4 aromatic rings. The van der Waals surface area contributed by atoms with Gasteiger partial charge in [-0.3, -0.25) is 24.4 Å². The maximum atomic E-state index is 14.3. The summed E-state index contributed by atoms with van der Waals surface area (Å²) in [7, 11) is 0. The van der Waals surface area contributed by atoms with Gasteiger partial charge in [0, 0.05) is 55.6 Å². The van der Waals surface area contributed by atoms with Gasteiger partial charge in [0.1, 0.15) is 17.6 Å². The first-order valence-corrected chi connectivity index (χ1v) is 21.1. The van der Waals surface area contributed by atoms with Crippen molar-refractivity contribution >= 4 is 40.6 Å². The summed E-state index contributed by atoms with van der Waals surface area (Å²) in [5.41, 5.74) is 8.29. The van der Waals surface area contributed by atoms with Gasteiger partial charge >= 0.3 is 0 Å². The molecule has 5 aliphatic rings. The fourth-order valence-corrected chi connectivity index (χ4v) is 10.0. The molecule has 5 fully saturated rings. The Morgan fingerprint density at radius 1 is 1.03 bits per heavy atom. The number of benzene rings is 1. The molecule has 4 saturated heterocycles. The summed E-state index contributed by atoms with van der Waals surface area (Å²) in [6.07, 6.45) is 8.79. The van der Waals surface area contributed by atoms with Gasteiger partial charge in [-0.2, -0.15) is 10.2 Å². The van der Waals surface area contributed by atoms with E-state index < -0.39 is 24.2 Å². The van der Waals surface area contributed by atoms with Gasteiger partial charge in [0.15, 0.2) is 11.3 Å². The van der Waals surface area contributed by atoms with Crippen LogP contribution in [-0.2, 0) is 9.59 Å². The van der Waals surface area contributed by atoms with Gasteiger partial charge in [0.25, 0.3) is 12.3 Å². The molecule has 7 heterocycles. The molecule has 14 nitrogen and oxygen atoms in total. The average Bonchev–Trinajstić information content (AvgIpc) is 3.84. The zero-order chi connectivity index (χ0) is 40.8. The second-order valence-electron chi connectivity index (χ2n) is 17.5. The summed E-state index contributed by atoms with van der Waals surface area (Å²) in [4.78, 5) is 48.9. The highest BCUT2D eigenvalue weighted by atomic mass is 19.3. The van der Waals surface area contributed by atoms with Crippen molar-refractivity contribution in [1.82, 2.24) is 34.6 Å². The Balaban J connectivity index is 0.744. The number of hydrogen-bond donors (Lipinski definition) is 3. The van der Waals surface area contributed by atoms with Crippen molar-refractivity contribution in [2.45, 2.75) is 94.8 Å². The molecule has 1 aromatic carbocycles. The fourth-order valence-electron chi connectivity index (χ4n) is 10.0. The average molecular weight is 816 g/mol. The third-order valence-electron chi connectivity index (χ3n) is 13.5. The Labute approximate surface area is 340 Å². The van der Waals surface area contributed by atoms with Crippen LogP contribution in [0.1, 0.15) is 104 Å². The molecule has 1 spiro atoms. The maximum absolute atomic E-state index is 14.3. The minimum Gasteiger partial charge on any atom is -0.370 e. The van der Waals surface area contributed by atoms with E-state index in [1.165, 1.54) is 16.9 Å². The van der Waals surface area contributed by atoms with Crippen LogP contribution in [0.15, 0.2) is 48.9 Å². The van der Waals surface area contributed by atoms with Crippen molar-refractivity contribution in [1.29, 1.82) is 0 Å². The summed E-state index contributed by atoms with van der Waals surface area (Å²) in [6.45, 7) is 5.82. The molecule has 1 aliphatic carbocycles. The first kappa shape index (κ1) is 39.4. The quantitative estimate of drug-likeness (QED) is 0.181. The van der Waals surface area contributed by atoms with E-state index in [1.807, 2.05) is 12.1 Å². The minimum atomic E-state index is -2.88. The molecule has 3 atom stereocenters. The molecular formula is C42H52F3N11O3. The first-order chi connectivity index (χ1) is 28.5. The van der Waals surface area contributed by atoms with E-state index in [4.69, 9.17) is 5.73 Å². The van der Waals surface area contributed by atoms with E-state index >= 15 is 0 Å². The van der Waals surface area contributed by atoms with Crippen LogP contribution in [0.4, 0.5) is 30.4 Å². The minimum absolute atomic E-state index is 0.0352. The van der Waals surface area contributed by atoms with Crippen molar-refractivity contribution in [2.24, 2.45) is 17.1 Å². The lowest BCUT2D eigenvalue weighted by Crippen LogP contribution is -2.60. The number of hydrogen-bond acceptors (Lipinski definition) is 10. The highest BCUT2D eigenvalue weighted by Crippen LogP contribution is 2.44. The summed E-state index contributed by atoms with van der Waals surface area (Å²) >= 11 is 0. The molecule has 59 heavy (non-hydrogen) atoms. The Bertz CT molecular complexity index is 2180. The van der Waals surface area contributed by atoms with E-state index in [2.05, 4.69) is 47.7 Å². The van der Waals surface area contributed by atoms with Crippen LogP contribution in [0.3, 0.4) is 0 Å². The van der Waals surface area contributed by atoms with E-state index in [0.29, 0.717) is 36.5 Å². The van der Waals surface area contributed by atoms with E-state index in [-0.39, 0.29) is 59.7 Å². The van der Waals surface area contributed by atoms with Gasteiger partial charge in [0.05, 0.1) is 30.4 Å². The molecule has 9 rings (SSSR count). The highest BCUT2D eigenvalue weighted by Gasteiger charge is 2.45. The number of nitrogens with one attached hydrogen (secondary N) is 2. The van der Waals surface area contributed by atoms with Gasteiger partial charge in [-0.25, -0.2) is 22.7 Å². The summed E-state index contributed by atoms with van der Waals surface area (Å²) in [6, 6.07) is 9.54. The number of fused-ring (bicyclic) bond motifs is 1. The van der Waals surface area contributed by atoms with Crippen LogP contribution in [0.25, 0.3) is 5.65 Å². The standard InChI is InChI=1S/C42H52F3N11O3/c43-28-19-29(46)22-53(21-28)35-11-15-55-39(49-35)33(20-47-55)41(59)48-34-23-56(51-37(34)38(44)45)30-6-4-26(5-7-30)10-14-52-16-12-42(13-17-52)24-54(25-42)31-3-1-2-27(18-31)32-8-9-36(57)50-40(32)58/h1-3,11,15,18,20,23,26,28-30,32,38H,4-10,12-14,16-17,19,21-22,24-25,46H2,(H,48,59)(H,50,57,58)/t26?,28-,29-,30?,32?/m1/s1. The number of likely N-dealkylation sites (tertiary alicyclic amines) is 1. The largest absolute Gasteiger partial charge is 0.370 e. The van der Waals surface area contributed by atoms with Crippen LogP contribution in [-0.4, -0.2) is 105 Å². The van der Waals surface area contributed by atoms with Crippen molar-refractivity contribution in [3.63, 3.8) is 0 Å². The molecule has 314 valence electrons. The maximum Gasteiger partial charge on any atom is 0.284 e. The second kappa shape index (κ2) is 16.2. The molecule has 0 radical (unpaired) electrons. The Morgan fingerprint density at radius 3 is 2.58 bits per heavy atom. The number of imide groups is 1. The zero-order valence-electron chi connectivity index (χ0n) is 33.1. The van der Waals surface area contributed by atoms with E-state index in [1.54, 1.807) is 21.8 Å². The predicted molar refractivity (Wildman–Crippen MR) is 215 cm³/mol. The van der Waals surface area contributed by atoms with Gasteiger partial charge in [-0.05, 0) is 107 Å². The van der Waals surface area contributed by atoms with E-state index in [0.717, 1.165) is 88.9 Å². The number of nitrogens with zero attached hydrogens (tertiary/aromatic N) is 8. The Kier molecular flexibility index (Phi) is 10.8. The SMILES string of the molecule is N[C@@H]1C[C@@H](F)CN(c2ccn3ncc(C(=O)Nc4cn(C5CCC(CCN6CCC7(CC6)CN(c6cccc(C8CCC(=O)NC8=O)c6)C7)CC5)nc4C(F)F)c3n2)C1. The Hall–Kier alpha value is -5.03. The lowest BCUT2D eigenvalue weighted by atomic mass is 9.71. The topological polar surface area (TPSA) is 159 Å². The van der Waals surface area contributed by atoms with Crippen LogP contribution in [0.5, 0.6) is 0 Å². The van der Waals surface area contributed by atoms with Crippen LogP contribution < -0.4 is 26.2 Å². The molecule has 3 amide bonds. The van der Waals surface area contributed by atoms with Gasteiger partial charge in [-0.1, -0.05) is 12.1 Å². The number of piperidine rings is 3. The molecule has 4 N–H and O–H groups in total. The number of rotatable bonds is 10.